The smallest absolute Gasteiger partial charge is 0.150 e. The fraction of sp³-hybridized carbons (Fsp3) is 0.400. The number of hydrogen-bond donors (Lipinski definition) is 0. The fourth-order valence-corrected chi connectivity index (χ4v) is 1.23. The molecular formula is C10H14N2O. The first-order valence-electron chi connectivity index (χ1n) is 4.48. The normalized spacial score (nSPS) is 9.69. The van der Waals surface area contributed by atoms with Crippen molar-refractivity contribution < 1.29 is 4.79 Å². The summed E-state index contributed by atoms with van der Waals surface area (Å²) in [6.45, 7) is 5.95. The van der Waals surface area contributed by atoms with Gasteiger partial charge in [-0.1, -0.05) is 0 Å². The van der Waals surface area contributed by atoms with Gasteiger partial charge in [0, 0.05) is 24.8 Å². The zero-order valence-electron chi connectivity index (χ0n) is 8.03. The third-order valence-corrected chi connectivity index (χ3v) is 1.99. The number of aromatic nitrogens is 1. The number of pyridine rings is 1. The second-order valence-corrected chi connectivity index (χ2v) is 2.74. The van der Waals surface area contributed by atoms with Crippen LogP contribution in [0.1, 0.15) is 24.2 Å². The monoisotopic (exact) mass is 178 g/mol. The molecule has 0 aliphatic heterocycles. The Morgan fingerprint density at radius 1 is 1.46 bits per heavy atom. The van der Waals surface area contributed by atoms with Crippen molar-refractivity contribution in [2.75, 3.05) is 18.0 Å². The molecule has 0 aromatic carbocycles. The highest BCUT2D eigenvalue weighted by molar-refractivity contribution is 5.76. The average Bonchev–Trinajstić information content (AvgIpc) is 2.20. The molecule has 1 aromatic rings. The van der Waals surface area contributed by atoms with Crippen molar-refractivity contribution in [3.63, 3.8) is 0 Å². The predicted molar refractivity (Wildman–Crippen MR) is 53.2 cm³/mol. The van der Waals surface area contributed by atoms with Crippen LogP contribution >= 0.6 is 0 Å². The molecule has 1 heterocycles. The van der Waals surface area contributed by atoms with Gasteiger partial charge in [0.2, 0.25) is 0 Å². The lowest BCUT2D eigenvalue weighted by molar-refractivity contribution is 0.112. The molecule has 1 aromatic heterocycles. The van der Waals surface area contributed by atoms with Gasteiger partial charge in [0.1, 0.15) is 12.1 Å². The van der Waals surface area contributed by atoms with Crippen LogP contribution in [0.25, 0.3) is 0 Å². The zero-order valence-corrected chi connectivity index (χ0v) is 8.03. The van der Waals surface area contributed by atoms with Gasteiger partial charge >= 0.3 is 0 Å². The molecule has 0 unspecified atom stereocenters. The third kappa shape index (κ3) is 2.28. The van der Waals surface area contributed by atoms with Crippen LogP contribution in [-0.4, -0.2) is 24.4 Å². The van der Waals surface area contributed by atoms with Crippen molar-refractivity contribution in [1.29, 1.82) is 0 Å². The van der Waals surface area contributed by atoms with Gasteiger partial charge in [0.15, 0.2) is 0 Å². The highest BCUT2D eigenvalue weighted by Crippen LogP contribution is 2.10. The summed E-state index contributed by atoms with van der Waals surface area (Å²) in [5, 5.41) is 0. The Balaban J connectivity index is 2.92. The quantitative estimate of drug-likeness (QED) is 0.658. The van der Waals surface area contributed by atoms with Gasteiger partial charge in [0.25, 0.3) is 0 Å². The number of rotatable bonds is 4. The van der Waals surface area contributed by atoms with Crippen molar-refractivity contribution in [2.24, 2.45) is 0 Å². The van der Waals surface area contributed by atoms with E-state index in [1.807, 2.05) is 0 Å². The summed E-state index contributed by atoms with van der Waals surface area (Å²) < 4.78 is 0. The number of nitrogens with zero attached hydrogens (tertiary/aromatic N) is 2. The molecule has 3 nitrogen and oxygen atoms in total. The lowest BCUT2D eigenvalue weighted by Gasteiger charge is -2.19. The highest BCUT2D eigenvalue weighted by Gasteiger charge is 2.02. The van der Waals surface area contributed by atoms with E-state index in [2.05, 4.69) is 23.7 Å². The Kier molecular flexibility index (Phi) is 3.43. The topological polar surface area (TPSA) is 33.2 Å². The van der Waals surface area contributed by atoms with Gasteiger partial charge in [-0.15, -0.1) is 0 Å². The van der Waals surface area contributed by atoms with Crippen LogP contribution in [0.4, 0.5) is 5.82 Å². The predicted octanol–water partition coefficient (Wildman–Crippen LogP) is 1.74. The second-order valence-electron chi connectivity index (χ2n) is 2.74. The van der Waals surface area contributed by atoms with Crippen LogP contribution in [0, 0.1) is 0 Å². The molecule has 70 valence electrons. The van der Waals surface area contributed by atoms with Crippen molar-refractivity contribution in [1.82, 2.24) is 4.98 Å². The van der Waals surface area contributed by atoms with Crippen LogP contribution in [0.2, 0.25) is 0 Å². The zero-order chi connectivity index (χ0) is 9.68. The lowest BCUT2D eigenvalue weighted by atomic mass is 10.3. The van der Waals surface area contributed by atoms with E-state index in [-0.39, 0.29) is 0 Å². The molecule has 0 aliphatic carbocycles. The molecule has 0 atom stereocenters. The minimum absolute atomic E-state index is 0.678. The van der Waals surface area contributed by atoms with Crippen molar-refractivity contribution in [2.45, 2.75) is 13.8 Å². The molecule has 0 spiro atoms. The largest absolute Gasteiger partial charge is 0.357 e. The summed E-state index contributed by atoms with van der Waals surface area (Å²) in [7, 11) is 0. The minimum atomic E-state index is 0.678. The van der Waals surface area contributed by atoms with Crippen molar-refractivity contribution in [3.05, 3.63) is 23.9 Å². The Bertz CT molecular complexity index is 282. The maximum absolute atomic E-state index is 10.5. The standard InChI is InChI=1S/C10H14N2O/c1-3-12(4-2)10-7-9(8-13)5-6-11-10/h5-8H,3-4H2,1-2H3. The minimum Gasteiger partial charge on any atom is -0.357 e. The van der Waals surface area contributed by atoms with Crippen LogP contribution in [0.5, 0.6) is 0 Å². The average molecular weight is 178 g/mol. The third-order valence-electron chi connectivity index (χ3n) is 1.99. The van der Waals surface area contributed by atoms with Crippen LogP contribution < -0.4 is 4.90 Å². The van der Waals surface area contributed by atoms with Gasteiger partial charge in [-0.25, -0.2) is 4.98 Å². The van der Waals surface area contributed by atoms with Crippen LogP contribution in [-0.2, 0) is 0 Å². The summed E-state index contributed by atoms with van der Waals surface area (Å²) in [5.74, 6) is 0.870. The van der Waals surface area contributed by atoms with E-state index in [4.69, 9.17) is 0 Å². The maximum Gasteiger partial charge on any atom is 0.150 e. The van der Waals surface area contributed by atoms with E-state index in [0.717, 1.165) is 25.2 Å². The molecule has 0 radical (unpaired) electrons. The van der Waals surface area contributed by atoms with E-state index in [1.165, 1.54) is 0 Å². The summed E-state index contributed by atoms with van der Waals surface area (Å²) >= 11 is 0. The first kappa shape index (κ1) is 9.71. The molecule has 1 rings (SSSR count). The van der Waals surface area contributed by atoms with Gasteiger partial charge < -0.3 is 4.90 Å². The van der Waals surface area contributed by atoms with Crippen molar-refractivity contribution >= 4 is 12.1 Å². The van der Waals surface area contributed by atoms with E-state index >= 15 is 0 Å². The molecule has 0 aliphatic rings. The summed E-state index contributed by atoms with van der Waals surface area (Å²) in [6.07, 6.45) is 2.51. The number of aldehydes is 1. The number of hydrogen-bond acceptors (Lipinski definition) is 3. The molecular weight excluding hydrogens is 164 g/mol. The lowest BCUT2D eigenvalue weighted by Crippen LogP contribution is -2.22. The summed E-state index contributed by atoms with van der Waals surface area (Å²) in [5.41, 5.74) is 0.678. The number of carbonyl (C=O) groups excluding carboxylic acids is 1. The molecule has 0 fully saturated rings. The van der Waals surface area contributed by atoms with Gasteiger partial charge in [-0.05, 0) is 26.0 Å². The Labute approximate surface area is 78.4 Å². The molecule has 13 heavy (non-hydrogen) atoms. The molecule has 0 saturated heterocycles. The van der Waals surface area contributed by atoms with Gasteiger partial charge in [-0.3, -0.25) is 4.79 Å². The molecule has 0 amide bonds. The van der Waals surface area contributed by atoms with Gasteiger partial charge in [0.05, 0.1) is 0 Å². The van der Waals surface area contributed by atoms with E-state index < -0.39 is 0 Å². The fourth-order valence-electron chi connectivity index (χ4n) is 1.23. The number of anilines is 1. The Morgan fingerprint density at radius 2 is 2.15 bits per heavy atom. The second kappa shape index (κ2) is 4.60. The SMILES string of the molecule is CCN(CC)c1cc(C=O)ccn1. The van der Waals surface area contributed by atoms with E-state index in [1.54, 1.807) is 18.3 Å². The van der Waals surface area contributed by atoms with Crippen LogP contribution in [0.15, 0.2) is 18.3 Å². The van der Waals surface area contributed by atoms with Crippen molar-refractivity contribution in [3.8, 4) is 0 Å². The van der Waals surface area contributed by atoms with Crippen LogP contribution in [0.3, 0.4) is 0 Å². The first-order chi connectivity index (χ1) is 6.31. The molecule has 0 N–H and O–H groups in total. The first-order valence-corrected chi connectivity index (χ1v) is 4.48. The maximum atomic E-state index is 10.5. The molecule has 3 heteroatoms. The number of carbonyl (C=O) groups is 1. The van der Waals surface area contributed by atoms with Gasteiger partial charge in [-0.2, -0.15) is 0 Å². The molecule has 0 bridgehead atoms. The highest BCUT2D eigenvalue weighted by atomic mass is 16.1. The van der Waals surface area contributed by atoms with E-state index in [9.17, 15) is 4.79 Å². The Morgan fingerprint density at radius 3 is 2.69 bits per heavy atom. The Hall–Kier alpha value is -1.38. The summed E-state index contributed by atoms with van der Waals surface area (Å²) in [6, 6.07) is 3.51. The summed E-state index contributed by atoms with van der Waals surface area (Å²) in [4.78, 5) is 16.8. The van der Waals surface area contributed by atoms with E-state index in [0.29, 0.717) is 5.56 Å². The molecule has 0 saturated carbocycles.